The van der Waals surface area contributed by atoms with E-state index in [2.05, 4.69) is 20.3 Å². The third kappa shape index (κ3) is 4.27. The fraction of sp³-hybridized carbons (Fsp3) is 0.0526. The van der Waals surface area contributed by atoms with Crippen molar-refractivity contribution in [1.82, 2.24) is 15.3 Å². The first kappa shape index (κ1) is 17.2. The van der Waals surface area contributed by atoms with Crippen LogP contribution < -0.4 is 10.1 Å². The Morgan fingerprint density at radius 1 is 1.08 bits per heavy atom. The first-order valence-electron chi connectivity index (χ1n) is 7.74. The lowest BCUT2D eigenvalue weighted by Gasteiger charge is -2.07. The number of hydrogen-bond acceptors (Lipinski definition) is 5. The van der Waals surface area contributed by atoms with Crippen LogP contribution in [0.25, 0.3) is 11.3 Å². The van der Waals surface area contributed by atoms with Crippen LogP contribution in [0.1, 0.15) is 10.6 Å². The van der Waals surface area contributed by atoms with Gasteiger partial charge in [0.15, 0.2) is 0 Å². The second kappa shape index (κ2) is 7.98. The predicted octanol–water partition coefficient (Wildman–Crippen LogP) is 3.46. The van der Waals surface area contributed by atoms with Gasteiger partial charge in [-0.15, -0.1) is 0 Å². The van der Waals surface area contributed by atoms with E-state index in [0.29, 0.717) is 17.2 Å². The Morgan fingerprint density at radius 3 is 2.38 bits per heavy atom. The molecule has 3 rings (SSSR count). The highest BCUT2D eigenvalue weighted by atomic mass is 19.1. The standard InChI is InChI=1S/C19H15FN4O2/c1-21-12-23-19(25)18-22-11-10-17(24-18)13-2-6-15(7-3-13)26-16-8-4-14(20)5-9-16/h2-12H,1H3,(H,21,23,25). The number of amides is 1. The number of aromatic nitrogens is 2. The number of hydrogen-bond donors (Lipinski definition) is 1. The van der Waals surface area contributed by atoms with Gasteiger partial charge >= 0.3 is 0 Å². The van der Waals surface area contributed by atoms with Crippen molar-refractivity contribution in [2.24, 2.45) is 4.99 Å². The molecule has 6 nitrogen and oxygen atoms in total. The number of rotatable bonds is 5. The normalized spacial score (nSPS) is 10.7. The molecule has 0 saturated heterocycles. The van der Waals surface area contributed by atoms with E-state index in [9.17, 15) is 9.18 Å². The minimum absolute atomic E-state index is 0.0500. The Bertz CT molecular complexity index is 925. The zero-order valence-corrected chi connectivity index (χ0v) is 13.9. The average Bonchev–Trinajstić information content (AvgIpc) is 2.68. The molecule has 1 aromatic heterocycles. The number of aliphatic imine (C=N–C) groups is 1. The summed E-state index contributed by atoms with van der Waals surface area (Å²) in [6, 6.07) is 14.7. The van der Waals surface area contributed by atoms with Crippen LogP contribution >= 0.6 is 0 Å². The summed E-state index contributed by atoms with van der Waals surface area (Å²) >= 11 is 0. The van der Waals surface area contributed by atoms with E-state index in [0.717, 1.165) is 5.56 Å². The molecular formula is C19H15FN4O2. The van der Waals surface area contributed by atoms with Gasteiger partial charge in [-0.3, -0.25) is 9.79 Å². The molecule has 0 aliphatic heterocycles. The van der Waals surface area contributed by atoms with Crippen molar-refractivity contribution in [3.8, 4) is 22.8 Å². The van der Waals surface area contributed by atoms with Gasteiger partial charge in [-0.05, 0) is 54.6 Å². The lowest BCUT2D eigenvalue weighted by molar-refractivity contribution is 0.0968. The molecule has 0 aliphatic carbocycles. The summed E-state index contributed by atoms with van der Waals surface area (Å²) in [5.41, 5.74) is 1.41. The van der Waals surface area contributed by atoms with E-state index in [1.807, 2.05) is 12.1 Å². The summed E-state index contributed by atoms with van der Waals surface area (Å²) in [6.07, 6.45) is 2.79. The highest BCUT2D eigenvalue weighted by Gasteiger charge is 2.09. The van der Waals surface area contributed by atoms with Gasteiger partial charge in [0.1, 0.15) is 17.3 Å². The number of benzene rings is 2. The van der Waals surface area contributed by atoms with Crippen LogP contribution in [0.15, 0.2) is 65.8 Å². The Balaban J connectivity index is 1.76. The summed E-state index contributed by atoms with van der Waals surface area (Å²) in [7, 11) is 1.55. The van der Waals surface area contributed by atoms with Gasteiger partial charge in [0, 0.05) is 18.8 Å². The van der Waals surface area contributed by atoms with E-state index in [-0.39, 0.29) is 11.6 Å². The van der Waals surface area contributed by atoms with Gasteiger partial charge in [0.2, 0.25) is 5.82 Å². The van der Waals surface area contributed by atoms with E-state index >= 15 is 0 Å². The van der Waals surface area contributed by atoms with Crippen LogP contribution in [-0.4, -0.2) is 29.3 Å². The molecule has 1 amide bonds. The molecule has 3 aromatic rings. The van der Waals surface area contributed by atoms with Gasteiger partial charge in [0.25, 0.3) is 5.91 Å². The Kier molecular flexibility index (Phi) is 5.28. The van der Waals surface area contributed by atoms with Crippen LogP contribution in [0, 0.1) is 5.82 Å². The smallest absolute Gasteiger partial charge is 0.294 e. The van der Waals surface area contributed by atoms with Crippen LogP contribution in [0.2, 0.25) is 0 Å². The number of nitrogens with zero attached hydrogens (tertiary/aromatic N) is 3. The van der Waals surface area contributed by atoms with Gasteiger partial charge in [-0.25, -0.2) is 14.4 Å². The van der Waals surface area contributed by atoms with Gasteiger partial charge < -0.3 is 10.1 Å². The second-order valence-electron chi connectivity index (χ2n) is 5.21. The average molecular weight is 350 g/mol. The molecule has 0 aliphatic rings. The molecule has 7 heteroatoms. The molecule has 0 fully saturated rings. The minimum Gasteiger partial charge on any atom is -0.457 e. The van der Waals surface area contributed by atoms with E-state index in [1.54, 1.807) is 37.4 Å². The SMILES string of the molecule is CN=CNC(=O)c1nccc(-c2ccc(Oc3ccc(F)cc3)cc2)n1. The minimum atomic E-state index is -0.436. The lowest BCUT2D eigenvalue weighted by Crippen LogP contribution is -2.23. The molecule has 0 saturated carbocycles. The van der Waals surface area contributed by atoms with E-state index in [1.165, 1.54) is 24.7 Å². The molecule has 0 spiro atoms. The molecule has 0 unspecified atom stereocenters. The summed E-state index contributed by atoms with van der Waals surface area (Å²) < 4.78 is 18.6. The van der Waals surface area contributed by atoms with E-state index < -0.39 is 5.91 Å². The van der Waals surface area contributed by atoms with Crippen LogP contribution in [0.3, 0.4) is 0 Å². The van der Waals surface area contributed by atoms with Crippen molar-refractivity contribution in [2.75, 3.05) is 7.05 Å². The van der Waals surface area contributed by atoms with Crippen molar-refractivity contribution in [3.05, 3.63) is 72.4 Å². The van der Waals surface area contributed by atoms with Gasteiger partial charge in [-0.1, -0.05) is 0 Å². The van der Waals surface area contributed by atoms with Crippen molar-refractivity contribution < 1.29 is 13.9 Å². The summed E-state index contributed by atoms with van der Waals surface area (Å²) in [5, 5.41) is 2.47. The number of nitrogens with one attached hydrogen (secondary N) is 1. The molecule has 1 heterocycles. The summed E-state index contributed by atoms with van der Waals surface area (Å²) in [6.45, 7) is 0. The zero-order valence-electron chi connectivity index (χ0n) is 13.9. The lowest BCUT2D eigenvalue weighted by atomic mass is 10.1. The number of halogens is 1. The zero-order chi connectivity index (χ0) is 18.4. The fourth-order valence-electron chi connectivity index (χ4n) is 2.15. The first-order valence-corrected chi connectivity index (χ1v) is 7.74. The van der Waals surface area contributed by atoms with Crippen molar-refractivity contribution >= 4 is 12.2 Å². The maximum absolute atomic E-state index is 12.9. The fourth-order valence-corrected chi connectivity index (χ4v) is 2.15. The third-order valence-corrected chi connectivity index (χ3v) is 3.38. The topological polar surface area (TPSA) is 76.5 Å². The highest BCUT2D eigenvalue weighted by Crippen LogP contribution is 2.25. The Labute approximate surface area is 149 Å². The molecule has 1 N–H and O–H groups in total. The van der Waals surface area contributed by atoms with Crippen molar-refractivity contribution in [2.45, 2.75) is 0 Å². The maximum atomic E-state index is 12.9. The predicted molar refractivity (Wildman–Crippen MR) is 95.8 cm³/mol. The number of carbonyl (C=O) groups excluding carboxylic acids is 1. The molecule has 26 heavy (non-hydrogen) atoms. The highest BCUT2D eigenvalue weighted by molar-refractivity contribution is 5.97. The van der Waals surface area contributed by atoms with Gasteiger partial charge in [-0.2, -0.15) is 0 Å². The maximum Gasteiger partial charge on any atom is 0.294 e. The number of ether oxygens (including phenoxy) is 1. The third-order valence-electron chi connectivity index (χ3n) is 3.38. The van der Waals surface area contributed by atoms with Crippen LogP contribution in [-0.2, 0) is 0 Å². The Hall–Kier alpha value is -3.61. The quantitative estimate of drug-likeness (QED) is 0.565. The first-order chi connectivity index (χ1) is 12.7. The monoisotopic (exact) mass is 350 g/mol. The van der Waals surface area contributed by atoms with Crippen LogP contribution in [0.5, 0.6) is 11.5 Å². The molecule has 0 bridgehead atoms. The number of carbonyl (C=O) groups is 1. The molecule has 0 atom stereocenters. The largest absolute Gasteiger partial charge is 0.457 e. The van der Waals surface area contributed by atoms with Crippen molar-refractivity contribution in [1.29, 1.82) is 0 Å². The molecule has 0 radical (unpaired) electrons. The van der Waals surface area contributed by atoms with Crippen molar-refractivity contribution in [3.63, 3.8) is 0 Å². The summed E-state index contributed by atoms with van der Waals surface area (Å²) in [5.74, 6) is 0.438. The second-order valence-corrected chi connectivity index (χ2v) is 5.21. The van der Waals surface area contributed by atoms with E-state index in [4.69, 9.17) is 4.74 Å². The molecule has 2 aromatic carbocycles. The molecule has 130 valence electrons. The molecular weight excluding hydrogens is 335 g/mol. The Morgan fingerprint density at radius 2 is 1.73 bits per heavy atom. The van der Waals surface area contributed by atoms with Gasteiger partial charge in [0.05, 0.1) is 12.0 Å². The summed E-state index contributed by atoms with van der Waals surface area (Å²) in [4.78, 5) is 23.8. The van der Waals surface area contributed by atoms with Crippen LogP contribution in [0.4, 0.5) is 4.39 Å².